The lowest BCUT2D eigenvalue weighted by atomic mass is 10.1. The van der Waals surface area contributed by atoms with Gasteiger partial charge in [0, 0.05) is 12.6 Å². The van der Waals surface area contributed by atoms with Crippen molar-refractivity contribution in [3.8, 4) is 0 Å². The quantitative estimate of drug-likeness (QED) is 0.481. The van der Waals surface area contributed by atoms with Crippen molar-refractivity contribution in [2.75, 3.05) is 26.0 Å². The zero-order valence-corrected chi connectivity index (χ0v) is 13.1. The maximum atomic E-state index is 5.62. The number of ether oxygens (including phenoxy) is 1. The summed E-state index contributed by atoms with van der Waals surface area (Å²) in [6, 6.07) is 0.653. The second-order valence-corrected chi connectivity index (χ2v) is 6.06. The highest BCUT2D eigenvalue weighted by atomic mass is 32.1. The van der Waals surface area contributed by atoms with Crippen LogP contribution in [0.3, 0.4) is 0 Å². The summed E-state index contributed by atoms with van der Waals surface area (Å²) in [7, 11) is 2.25. The molecule has 0 bridgehead atoms. The van der Waals surface area contributed by atoms with Gasteiger partial charge in [-0.1, -0.05) is 32.1 Å². The Bertz CT molecular complexity index is 201. The fraction of sp³-hybridized carbons (Fsp3) is 1.00. The number of unbranched alkanes of at least 4 members (excludes halogenated alkanes) is 6. The first-order valence-corrected chi connectivity index (χ1v) is 8.31. The number of thiol groups is 1. The van der Waals surface area contributed by atoms with Gasteiger partial charge in [-0.3, -0.25) is 0 Å². The molecule has 108 valence electrons. The van der Waals surface area contributed by atoms with Crippen LogP contribution in [-0.2, 0) is 4.74 Å². The molecule has 0 N–H and O–H groups in total. The van der Waals surface area contributed by atoms with E-state index in [4.69, 9.17) is 4.74 Å². The minimum atomic E-state index is 0.427. The van der Waals surface area contributed by atoms with Crippen molar-refractivity contribution in [1.82, 2.24) is 4.90 Å². The van der Waals surface area contributed by atoms with E-state index < -0.39 is 0 Å². The Labute approximate surface area is 119 Å². The summed E-state index contributed by atoms with van der Waals surface area (Å²) in [5.74, 6) is 1.05. The largest absolute Gasteiger partial charge is 0.377 e. The van der Waals surface area contributed by atoms with E-state index in [9.17, 15) is 0 Å². The maximum absolute atomic E-state index is 5.62. The molecule has 1 fully saturated rings. The Kier molecular flexibility index (Phi) is 9.16. The van der Waals surface area contributed by atoms with Crippen LogP contribution in [0.5, 0.6) is 0 Å². The number of hydrogen-bond donors (Lipinski definition) is 1. The summed E-state index contributed by atoms with van der Waals surface area (Å²) in [6.07, 6.45) is 11.2. The van der Waals surface area contributed by atoms with E-state index in [2.05, 4.69) is 31.5 Å². The van der Waals surface area contributed by atoms with E-state index >= 15 is 0 Å². The molecule has 0 radical (unpaired) electrons. The van der Waals surface area contributed by atoms with Crippen LogP contribution in [0.2, 0.25) is 0 Å². The van der Waals surface area contributed by atoms with Crippen LogP contribution < -0.4 is 0 Å². The zero-order chi connectivity index (χ0) is 13.2. The normalized spacial score (nSPS) is 24.0. The Hall–Kier alpha value is 0.270. The number of rotatable bonds is 10. The van der Waals surface area contributed by atoms with E-state index in [1.807, 2.05) is 0 Å². The minimum Gasteiger partial charge on any atom is -0.377 e. The summed E-state index contributed by atoms with van der Waals surface area (Å²) in [5, 5.41) is 0. The van der Waals surface area contributed by atoms with Gasteiger partial charge in [0.1, 0.15) is 0 Å². The zero-order valence-electron chi connectivity index (χ0n) is 12.2. The van der Waals surface area contributed by atoms with Crippen molar-refractivity contribution in [2.24, 2.45) is 0 Å². The highest BCUT2D eigenvalue weighted by molar-refractivity contribution is 7.80. The Morgan fingerprint density at radius 3 is 2.22 bits per heavy atom. The SMILES string of the molecule is CC1OCCC1N(C)CCCCCCCCCS. The van der Waals surface area contributed by atoms with Crippen molar-refractivity contribution in [3.05, 3.63) is 0 Å². The van der Waals surface area contributed by atoms with Crippen LogP contribution in [0.1, 0.15) is 58.3 Å². The third-order valence-electron chi connectivity index (χ3n) is 4.07. The molecule has 0 aromatic carbocycles. The molecule has 1 rings (SSSR count). The fourth-order valence-corrected chi connectivity index (χ4v) is 3.05. The third-order valence-corrected chi connectivity index (χ3v) is 4.39. The minimum absolute atomic E-state index is 0.427. The van der Waals surface area contributed by atoms with Gasteiger partial charge in [-0.25, -0.2) is 0 Å². The molecule has 1 heterocycles. The fourth-order valence-electron chi connectivity index (χ4n) is 2.82. The van der Waals surface area contributed by atoms with Gasteiger partial charge in [0.25, 0.3) is 0 Å². The lowest BCUT2D eigenvalue weighted by Gasteiger charge is -2.26. The summed E-state index contributed by atoms with van der Waals surface area (Å²) in [6.45, 7) is 4.38. The van der Waals surface area contributed by atoms with Crippen molar-refractivity contribution < 1.29 is 4.74 Å². The number of likely N-dealkylation sites (N-methyl/N-ethyl adjacent to an activating group) is 1. The Morgan fingerprint density at radius 1 is 1.06 bits per heavy atom. The van der Waals surface area contributed by atoms with Gasteiger partial charge < -0.3 is 9.64 Å². The van der Waals surface area contributed by atoms with Crippen LogP contribution in [0, 0.1) is 0 Å². The van der Waals surface area contributed by atoms with Crippen LogP contribution in [0.15, 0.2) is 0 Å². The molecule has 0 amide bonds. The first-order chi connectivity index (χ1) is 8.75. The second kappa shape index (κ2) is 10.1. The van der Waals surface area contributed by atoms with E-state index in [0.29, 0.717) is 12.1 Å². The van der Waals surface area contributed by atoms with Gasteiger partial charge in [0.15, 0.2) is 0 Å². The van der Waals surface area contributed by atoms with Crippen molar-refractivity contribution >= 4 is 12.6 Å². The van der Waals surface area contributed by atoms with Gasteiger partial charge in [-0.05, 0) is 45.5 Å². The average Bonchev–Trinajstić information content (AvgIpc) is 2.79. The van der Waals surface area contributed by atoms with Crippen molar-refractivity contribution in [1.29, 1.82) is 0 Å². The second-order valence-electron chi connectivity index (χ2n) is 5.61. The predicted octanol–water partition coefficient (Wildman–Crippen LogP) is 3.76. The highest BCUT2D eigenvalue weighted by Gasteiger charge is 2.27. The summed E-state index contributed by atoms with van der Waals surface area (Å²) < 4.78 is 5.62. The molecule has 0 saturated carbocycles. The highest BCUT2D eigenvalue weighted by Crippen LogP contribution is 2.18. The first kappa shape index (κ1) is 16.3. The van der Waals surface area contributed by atoms with Crippen LogP contribution in [0.4, 0.5) is 0 Å². The van der Waals surface area contributed by atoms with Crippen LogP contribution in [0.25, 0.3) is 0 Å². The van der Waals surface area contributed by atoms with Crippen LogP contribution >= 0.6 is 12.6 Å². The Morgan fingerprint density at radius 2 is 1.67 bits per heavy atom. The monoisotopic (exact) mass is 273 g/mol. The number of nitrogens with zero attached hydrogens (tertiary/aromatic N) is 1. The summed E-state index contributed by atoms with van der Waals surface area (Å²) in [4.78, 5) is 2.50. The van der Waals surface area contributed by atoms with Gasteiger partial charge in [0.05, 0.1) is 6.10 Å². The molecule has 1 aliphatic heterocycles. The van der Waals surface area contributed by atoms with Gasteiger partial charge in [-0.2, -0.15) is 12.6 Å². The van der Waals surface area contributed by atoms with Crippen molar-refractivity contribution in [3.63, 3.8) is 0 Å². The molecule has 0 aromatic heterocycles. The predicted molar refractivity (Wildman–Crippen MR) is 82.6 cm³/mol. The van der Waals surface area contributed by atoms with E-state index in [0.717, 1.165) is 12.4 Å². The molecule has 2 unspecified atom stereocenters. The third kappa shape index (κ3) is 6.44. The topological polar surface area (TPSA) is 12.5 Å². The molecular formula is C15H31NOS. The van der Waals surface area contributed by atoms with Crippen LogP contribution in [-0.4, -0.2) is 43.0 Å². The maximum Gasteiger partial charge on any atom is 0.0702 e. The molecule has 2 nitrogen and oxygen atoms in total. The standard InChI is InChI=1S/C15H31NOS/c1-14-15(10-12-17-14)16(2)11-8-6-4-3-5-7-9-13-18/h14-15,18H,3-13H2,1-2H3. The van der Waals surface area contributed by atoms with E-state index in [-0.39, 0.29) is 0 Å². The van der Waals surface area contributed by atoms with Gasteiger partial charge in [0.2, 0.25) is 0 Å². The molecule has 1 saturated heterocycles. The van der Waals surface area contributed by atoms with Crippen molar-refractivity contribution in [2.45, 2.75) is 70.4 Å². The molecule has 0 aliphatic carbocycles. The molecule has 1 aliphatic rings. The lowest BCUT2D eigenvalue weighted by molar-refractivity contribution is 0.0831. The summed E-state index contributed by atoms with van der Waals surface area (Å²) >= 11 is 4.24. The Balaban J connectivity index is 1.91. The molecule has 2 atom stereocenters. The summed E-state index contributed by atoms with van der Waals surface area (Å²) in [5.41, 5.74) is 0. The number of hydrogen-bond acceptors (Lipinski definition) is 3. The molecule has 0 aromatic rings. The smallest absolute Gasteiger partial charge is 0.0702 e. The van der Waals surface area contributed by atoms with Gasteiger partial charge >= 0.3 is 0 Å². The molecule has 0 spiro atoms. The lowest BCUT2D eigenvalue weighted by Crippen LogP contribution is -2.37. The van der Waals surface area contributed by atoms with E-state index in [1.165, 1.54) is 57.9 Å². The van der Waals surface area contributed by atoms with E-state index in [1.54, 1.807) is 0 Å². The van der Waals surface area contributed by atoms with Gasteiger partial charge in [-0.15, -0.1) is 0 Å². The molecular weight excluding hydrogens is 242 g/mol. The first-order valence-electron chi connectivity index (χ1n) is 7.68. The molecule has 18 heavy (non-hydrogen) atoms. The average molecular weight is 273 g/mol. The molecule has 3 heteroatoms.